The Bertz CT molecular complexity index is 91.2. The van der Waals surface area contributed by atoms with Gasteiger partial charge in [-0.25, -0.2) is 0 Å². The summed E-state index contributed by atoms with van der Waals surface area (Å²) in [5, 5.41) is 0. The van der Waals surface area contributed by atoms with Gasteiger partial charge >= 0.3 is 0 Å². The molecule has 88 valence electrons. The molecule has 1 saturated heterocycles. The average Bonchev–Trinajstić information content (AvgIpc) is 2.67. The van der Waals surface area contributed by atoms with Gasteiger partial charge in [0.2, 0.25) is 0 Å². The van der Waals surface area contributed by atoms with E-state index in [9.17, 15) is 0 Å². The monoisotopic (exact) mass is 201 g/mol. The van der Waals surface area contributed by atoms with E-state index in [0.717, 1.165) is 5.92 Å². The van der Waals surface area contributed by atoms with E-state index in [1.807, 2.05) is 27.7 Å². The van der Waals surface area contributed by atoms with Gasteiger partial charge < -0.3 is 4.90 Å². The minimum absolute atomic E-state index is 0.955. The summed E-state index contributed by atoms with van der Waals surface area (Å²) in [6, 6.07) is 0. The van der Waals surface area contributed by atoms with Gasteiger partial charge in [0.15, 0.2) is 0 Å². The van der Waals surface area contributed by atoms with Gasteiger partial charge in [0.05, 0.1) is 0 Å². The van der Waals surface area contributed by atoms with Crippen LogP contribution in [0.1, 0.15) is 60.8 Å². The van der Waals surface area contributed by atoms with Crippen LogP contribution in [0, 0.1) is 5.92 Å². The predicted molar refractivity (Wildman–Crippen MR) is 67.8 cm³/mol. The molecule has 1 heteroatoms. The molecule has 1 aliphatic heterocycles. The molecule has 1 aliphatic rings. The molecule has 1 unspecified atom stereocenters. The molecule has 1 heterocycles. The van der Waals surface area contributed by atoms with Crippen molar-refractivity contribution in [3.63, 3.8) is 0 Å². The zero-order valence-electron chi connectivity index (χ0n) is 11.3. The minimum Gasteiger partial charge on any atom is -0.303 e. The molecule has 14 heavy (non-hydrogen) atoms. The molecule has 1 nitrogen and oxygen atoms in total. The van der Waals surface area contributed by atoms with Gasteiger partial charge in [-0.3, -0.25) is 0 Å². The number of unbranched alkanes of at least 4 members (excludes halogenated alkanes) is 1. The largest absolute Gasteiger partial charge is 0.303 e. The van der Waals surface area contributed by atoms with Gasteiger partial charge in [0.25, 0.3) is 0 Å². The van der Waals surface area contributed by atoms with Gasteiger partial charge in [0, 0.05) is 6.54 Å². The average molecular weight is 201 g/mol. The number of nitrogens with zero attached hydrogens (tertiary/aromatic N) is 1. The minimum atomic E-state index is 0.955. The quantitative estimate of drug-likeness (QED) is 0.662. The molecule has 0 spiro atoms. The Hall–Kier alpha value is -0.0400. The molecule has 0 aliphatic carbocycles. The second kappa shape index (κ2) is 13.0. The van der Waals surface area contributed by atoms with Gasteiger partial charge in [-0.1, -0.05) is 48.0 Å². The van der Waals surface area contributed by atoms with Crippen LogP contribution in [-0.2, 0) is 0 Å². The molecule has 0 aromatic heterocycles. The van der Waals surface area contributed by atoms with E-state index in [4.69, 9.17) is 0 Å². The first-order valence-corrected chi connectivity index (χ1v) is 6.55. The lowest BCUT2D eigenvalue weighted by Crippen LogP contribution is -2.21. The maximum Gasteiger partial charge on any atom is 0.000750 e. The summed E-state index contributed by atoms with van der Waals surface area (Å²) < 4.78 is 0. The van der Waals surface area contributed by atoms with Crippen LogP contribution in [0.15, 0.2) is 0 Å². The number of hydrogen-bond acceptors (Lipinski definition) is 1. The van der Waals surface area contributed by atoms with Crippen molar-refractivity contribution in [2.24, 2.45) is 5.92 Å². The van der Waals surface area contributed by atoms with E-state index in [1.54, 1.807) is 0 Å². The second-order valence-electron chi connectivity index (χ2n) is 3.55. The maximum absolute atomic E-state index is 2.59. The van der Waals surface area contributed by atoms with Crippen LogP contribution in [0.5, 0.6) is 0 Å². The number of rotatable bonds is 3. The van der Waals surface area contributed by atoms with E-state index < -0.39 is 0 Å². The van der Waals surface area contributed by atoms with Crippen molar-refractivity contribution in [1.29, 1.82) is 0 Å². The predicted octanol–water partition coefficient (Wildman–Crippen LogP) is 4.18. The Kier molecular flexibility index (Phi) is 15.2. The summed E-state index contributed by atoms with van der Waals surface area (Å²) >= 11 is 0. The lowest BCUT2D eigenvalue weighted by molar-refractivity contribution is 0.322. The Balaban J connectivity index is 0. The SMILES string of the molecule is CC.CC.CCCCN1CCC(C)C1. The van der Waals surface area contributed by atoms with Crippen LogP contribution in [-0.4, -0.2) is 24.5 Å². The van der Waals surface area contributed by atoms with Crippen molar-refractivity contribution in [3.05, 3.63) is 0 Å². The fraction of sp³-hybridized carbons (Fsp3) is 1.00. The van der Waals surface area contributed by atoms with Gasteiger partial charge in [-0.15, -0.1) is 0 Å². The van der Waals surface area contributed by atoms with Crippen molar-refractivity contribution in [3.8, 4) is 0 Å². The highest BCUT2D eigenvalue weighted by molar-refractivity contribution is 4.71. The molecular formula is C13H31N. The molecular weight excluding hydrogens is 170 g/mol. The molecule has 0 amide bonds. The fourth-order valence-electron chi connectivity index (χ4n) is 1.61. The summed E-state index contributed by atoms with van der Waals surface area (Å²) in [7, 11) is 0. The van der Waals surface area contributed by atoms with Crippen molar-refractivity contribution >= 4 is 0 Å². The van der Waals surface area contributed by atoms with E-state index in [2.05, 4.69) is 18.7 Å². The lowest BCUT2D eigenvalue weighted by Gasteiger charge is -2.13. The van der Waals surface area contributed by atoms with E-state index in [-0.39, 0.29) is 0 Å². The molecule has 0 N–H and O–H groups in total. The van der Waals surface area contributed by atoms with Crippen LogP contribution >= 0.6 is 0 Å². The van der Waals surface area contributed by atoms with Crippen LogP contribution in [0.4, 0.5) is 0 Å². The highest BCUT2D eigenvalue weighted by Crippen LogP contribution is 2.14. The van der Waals surface area contributed by atoms with Crippen LogP contribution in [0.2, 0.25) is 0 Å². The molecule has 1 atom stereocenters. The fourth-order valence-corrected chi connectivity index (χ4v) is 1.61. The number of likely N-dealkylation sites (tertiary alicyclic amines) is 1. The molecule has 0 radical (unpaired) electrons. The smallest absolute Gasteiger partial charge is 0.000750 e. The topological polar surface area (TPSA) is 3.24 Å². The standard InChI is InChI=1S/C9H19N.2C2H6/c1-3-4-6-10-7-5-9(2)8-10;2*1-2/h9H,3-8H2,1-2H3;2*1-2H3. The molecule has 0 aromatic rings. The van der Waals surface area contributed by atoms with Crippen molar-refractivity contribution in [1.82, 2.24) is 4.90 Å². The Morgan fingerprint density at radius 1 is 1.14 bits per heavy atom. The first-order valence-electron chi connectivity index (χ1n) is 6.55. The number of hydrogen-bond donors (Lipinski definition) is 0. The Labute approximate surface area is 91.9 Å². The van der Waals surface area contributed by atoms with E-state index in [1.165, 1.54) is 38.9 Å². The second-order valence-corrected chi connectivity index (χ2v) is 3.55. The van der Waals surface area contributed by atoms with Crippen molar-refractivity contribution in [2.45, 2.75) is 60.8 Å². The summed E-state index contributed by atoms with van der Waals surface area (Å²) in [4.78, 5) is 2.59. The van der Waals surface area contributed by atoms with Gasteiger partial charge in [-0.2, -0.15) is 0 Å². The zero-order chi connectivity index (χ0) is 11.4. The maximum atomic E-state index is 2.59. The molecule has 1 fully saturated rings. The van der Waals surface area contributed by atoms with Gasteiger partial charge in [0.1, 0.15) is 0 Å². The van der Waals surface area contributed by atoms with Crippen LogP contribution in [0.3, 0.4) is 0 Å². The van der Waals surface area contributed by atoms with Crippen LogP contribution < -0.4 is 0 Å². The molecule has 1 rings (SSSR count). The molecule has 0 aromatic carbocycles. The third-order valence-corrected chi connectivity index (χ3v) is 2.34. The van der Waals surface area contributed by atoms with Crippen molar-refractivity contribution < 1.29 is 0 Å². The van der Waals surface area contributed by atoms with E-state index in [0.29, 0.717) is 0 Å². The summed E-state index contributed by atoms with van der Waals surface area (Å²) in [6.45, 7) is 16.6. The highest BCUT2D eigenvalue weighted by Gasteiger charge is 2.16. The summed E-state index contributed by atoms with van der Waals surface area (Å²) in [5.74, 6) is 0.955. The van der Waals surface area contributed by atoms with E-state index >= 15 is 0 Å². The third-order valence-electron chi connectivity index (χ3n) is 2.34. The Morgan fingerprint density at radius 2 is 1.71 bits per heavy atom. The zero-order valence-corrected chi connectivity index (χ0v) is 11.3. The van der Waals surface area contributed by atoms with Crippen LogP contribution in [0.25, 0.3) is 0 Å². The lowest BCUT2D eigenvalue weighted by atomic mass is 10.2. The molecule has 0 bridgehead atoms. The summed E-state index contributed by atoms with van der Waals surface area (Å²) in [6.07, 6.45) is 4.14. The Morgan fingerprint density at radius 3 is 2.07 bits per heavy atom. The first kappa shape index (κ1) is 16.4. The first-order chi connectivity index (χ1) is 6.83. The van der Waals surface area contributed by atoms with Crippen molar-refractivity contribution in [2.75, 3.05) is 19.6 Å². The summed E-state index contributed by atoms with van der Waals surface area (Å²) in [5.41, 5.74) is 0. The molecule has 0 saturated carbocycles. The normalized spacial score (nSPS) is 20.6. The third kappa shape index (κ3) is 8.55. The highest BCUT2D eigenvalue weighted by atomic mass is 15.1. The van der Waals surface area contributed by atoms with Gasteiger partial charge in [-0.05, 0) is 31.8 Å².